The Labute approximate surface area is 116 Å². The summed E-state index contributed by atoms with van der Waals surface area (Å²) in [6.45, 7) is 8.64. The monoisotopic (exact) mass is 262 g/mol. The van der Waals surface area contributed by atoms with Crippen molar-refractivity contribution < 1.29 is 4.74 Å². The van der Waals surface area contributed by atoms with Crippen LogP contribution in [0.5, 0.6) is 5.75 Å². The summed E-state index contributed by atoms with van der Waals surface area (Å²) in [6.07, 6.45) is 1.56. The lowest BCUT2D eigenvalue weighted by Crippen LogP contribution is -2.24. The lowest BCUT2D eigenvalue weighted by Gasteiger charge is -2.12. The average molecular weight is 262 g/mol. The van der Waals surface area contributed by atoms with E-state index in [4.69, 9.17) is 4.74 Å². The van der Waals surface area contributed by atoms with Gasteiger partial charge in [0.05, 0.1) is 6.10 Å². The molecule has 1 unspecified atom stereocenters. The van der Waals surface area contributed by atoms with E-state index < -0.39 is 0 Å². The Kier molecular flexibility index (Phi) is 5.23. The topological polar surface area (TPSA) is 24.5 Å². The van der Waals surface area contributed by atoms with Crippen LogP contribution >= 0.6 is 0 Å². The minimum absolute atomic E-state index is 0.239. The van der Waals surface area contributed by atoms with Crippen LogP contribution in [0, 0.1) is 5.92 Å². The van der Waals surface area contributed by atoms with Gasteiger partial charge < -0.3 is 15.0 Å². The molecule has 2 rings (SSSR count). The summed E-state index contributed by atoms with van der Waals surface area (Å²) in [5.74, 6) is 1.77. The highest BCUT2D eigenvalue weighted by atomic mass is 16.5. The summed E-state index contributed by atoms with van der Waals surface area (Å²) >= 11 is 0. The van der Waals surface area contributed by atoms with Crippen LogP contribution in [0.4, 0.5) is 0 Å². The van der Waals surface area contributed by atoms with E-state index in [0.29, 0.717) is 0 Å². The van der Waals surface area contributed by atoms with Crippen LogP contribution in [-0.2, 0) is 6.54 Å². The molecule has 3 nitrogen and oxygen atoms in total. The zero-order valence-electron chi connectivity index (χ0n) is 12.4. The molecule has 0 aliphatic carbocycles. The molecule has 106 valence electrons. The number of hydrogen-bond donors (Lipinski definition) is 1. The quantitative estimate of drug-likeness (QED) is 0.852. The van der Waals surface area contributed by atoms with Crippen LogP contribution in [0.1, 0.15) is 25.8 Å². The highest BCUT2D eigenvalue weighted by Gasteiger charge is 2.18. The lowest BCUT2D eigenvalue weighted by atomic mass is 10.1. The predicted molar refractivity (Wildman–Crippen MR) is 79.5 cm³/mol. The summed E-state index contributed by atoms with van der Waals surface area (Å²) < 4.78 is 5.64. The molecular weight excluding hydrogens is 236 g/mol. The number of rotatable bonds is 6. The number of nitrogens with one attached hydrogen (secondary N) is 1. The van der Waals surface area contributed by atoms with Crippen molar-refractivity contribution in [3.63, 3.8) is 0 Å². The number of ether oxygens (including phenoxy) is 1. The summed E-state index contributed by atoms with van der Waals surface area (Å²) in [6, 6.07) is 8.40. The summed E-state index contributed by atoms with van der Waals surface area (Å²) in [5, 5.41) is 3.56. The number of likely N-dealkylation sites (tertiary alicyclic amines) is 1. The Bertz CT molecular complexity index is 375. The van der Waals surface area contributed by atoms with E-state index in [1.807, 2.05) is 13.8 Å². The molecule has 0 amide bonds. The number of nitrogens with zero attached hydrogens (tertiary/aromatic N) is 1. The third-order valence-corrected chi connectivity index (χ3v) is 3.55. The molecule has 0 aromatic heterocycles. The fourth-order valence-corrected chi connectivity index (χ4v) is 2.57. The molecule has 1 atom stereocenters. The third kappa shape index (κ3) is 4.84. The molecule has 1 fully saturated rings. The van der Waals surface area contributed by atoms with E-state index in [1.165, 1.54) is 25.1 Å². The molecule has 1 aromatic carbocycles. The maximum absolute atomic E-state index is 5.64. The van der Waals surface area contributed by atoms with Crippen LogP contribution in [0.3, 0.4) is 0 Å². The lowest BCUT2D eigenvalue weighted by molar-refractivity contribution is 0.242. The van der Waals surface area contributed by atoms with Gasteiger partial charge in [-0.25, -0.2) is 0 Å². The molecule has 1 saturated heterocycles. The Balaban J connectivity index is 1.71. The summed E-state index contributed by atoms with van der Waals surface area (Å²) in [4.78, 5) is 2.41. The second-order valence-corrected chi connectivity index (χ2v) is 5.86. The average Bonchev–Trinajstić information content (AvgIpc) is 2.77. The summed E-state index contributed by atoms with van der Waals surface area (Å²) in [5.41, 5.74) is 1.32. The second-order valence-electron chi connectivity index (χ2n) is 5.86. The molecule has 0 spiro atoms. The molecular formula is C16H26N2O. The first-order valence-electron chi connectivity index (χ1n) is 7.28. The van der Waals surface area contributed by atoms with Crippen molar-refractivity contribution in [2.75, 3.05) is 26.7 Å². The van der Waals surface area contributed by atoms with Gasteiger partial charge >= 0.3 is 0 Å². The molecule has 19 heavy (non-hydrogen) atoms. The molecule has 1 aliphatic heterocycles. The Morgan fingerprint density at radius 1 is 1.32 bits per heavy atom. The first-order chi connectivity index (χ1) is 9.13. The van der Waals surface area contributed by atoms with E-state index in [9.17, 15) is 0 Å². The molecule has 1 heterocycles. The van der Waals surface area contributed by atoms with Crippen molar-refractivity contribution in [3.05, 3.63) is 29.8 Å². The maximum Gasteiger partial charge on any atom is 0.119 e. The van der Waals surface area contributed by atoms with E-state index in [0.717, 1.165) is 24.8 Å². The second kappa shape index (κ2) is 6.92. The van der Waals surface area contributed by atoms with Gasteiger partial charge in [-0.2, -0.15) is 0 Å². The van der Waals surface area contributed by atoms with Crippen molar-refractivity contribution in [3.8, 4) is 5.75 Å². The largest absolute Gasteiger partial charge is 0.491 e. The molecule has 0 radical (unpaired) electrons. The van der Waals surface area contributed by atoms with Gasteiger partial charge in [0.25, 0.3) is 0 Å². The fourth-order valence-electron chi connectivity index (χ4n) is 2.57. The van der Waals surface area contributed by atoms with Gasteiger partial charge in [-0.15, -0.1) is 0 Å². The first kappa shape index (κ1) is 14.4. The molecule has 1 aromatic rings. The third-order valence-electron chi connectivity index (χ3n) is 3.55. The smallest absolute Gasteiger partial charge is 0.119 e. The molecule has 0 bridgehead atoms. The van der Waals surface area contributed by atoms with Gasteiger partial charge in [0.1, 0.15) is 5.75 Å². The fraction of sp³-hybridized carbons (Fsp3) is 0.625. The van der Waals surface area contributed by atoms with E-state index in [2.05, 4.69) is 41.5 Å². The van der Waals surface area contributed by atoms with Crippen molar-refractivity contribution in [2.24, 2.45) is 5.92 Å². The SMILES string of the molecule is CC(C)Oc1ccc(CNCC2CCN(C)C2)cc1. The van der Waals surface area contributed by atoms with Gasteiger partial charge in [-0.05, 0) is 64.0 Å². The van der Waals surface area contributed by atoms with E-state index >= 15 is 0 Å². The molecule has 1 aliphatic rings. The van der Waals surface area contributed by atoms with Crippen LogP contribution in [-0.4, -0.2) is 37.7 Å². The van der Waals surface area contributed by atoms with Crippen molar-refractivity contribution in [1.29, 1.82) is 0 Å². The number of hydrogen-bond acceptors (Lipinski definition) is 3. The highest BCUT2D eigenvalue weighted by molar-refractivity contribution is 5.27. The maximum atomic E-state index is 5.64. The van der Waals surface area contributed by atoms with Gasteiger partial charge in [0.15, 0.2) is 0 Å². The molecule has 3 heteroatoms. The van der Waals surface area contributed by atoms with Crippen LogP contribution in [0.25, 0.3) is 0 Å². The Hall–Kier alpha value is -1.06. The zero-order valence-corrected chi connectivity index (χ0v) is 12.4. The highest BCUT2D eigenvalue weighted by Crippen LogP contribution is 2.15. The van der Waals surface area contributed by atoms with Crippen LogP contribution < -0.4 is 10.1 Å². The first-order valence-corrected chi connectivity index (χ1v) is 7.28. The zero-order chi connectivity index (χ0) is 13.7. The van der Waals surface area contributed by atoms with Gasteiger partial charge in [-0.3, -0.25) is 0 Å². The minimum Gasteiger partial charge on any atom is -0.491 e. The van der Waals surface area contributed by atoms with E-state index in [1.54, 1.807) is 0 Å². The normalized spacial score (nSPS) is 20.1. The number of benzene rings is 1. The van der Waals surface area contributed by atoms with Gasteiger partial charge in [-0.1, -0.05) is 12.1 Å². The van der Waals surface area contributed by atoms with Crippen LogP contribution in [0.2, 0.25) is 0 Å². The molecule has 0 saturated carbocycles. The minimum atomic E-state index is 0.239. The van der Waals surface area contributed by atoms with Crippen molar-refractivity contribution >= 4 is 0 Å². The standard InChI is InChI=1S/C16H26N2O/c1-13(2)19-16-6-4-14(5-7-16)10-17-11-15-8-9-18(3)12-15/h4-7,13,15,17H,8-12H2,1-3H3. The Morgan fingerprint density at radius 2 is 2.05 bits per heavy atom. The van der Waals surface area contributed by atoms with Crippen molar-refractivity contribution in [1.82, 2.24) is 10.2 Å². The Morgan fingerprint density at radius 3 is 2.63 bits per heavy atom. The van der Waals surface area contributed by atoms with Crippen LogP contribution in [0.15, 0.2) is 24.3 Å². The van der Waals surface area contributed by atoms with Crippen molar-refractivity contribution in [2.45, 2.75) is 32.9 Å². The van der Waals surface area contributed by atoms with E-state index in [-0.39, 0.29) is 6.10 Å². The van der Waals surface area contributed by atoms with Gasteiger partial charge in [0, 0.05) is 13.1 Å². The van der Waals surface area contributed by atoms with Gasteiger partial charge in [0.2, 0.25) is 0 Å². The predicted octanol–water partition coefficient (Wildman–Crippen LogP) is 2.52. The summed E-state index contributed by atoms with van der Waals surface area (Å²) in [7, 11) is 2.20. The molecule has 1 N–H and O–H groups in total.